The normalized spacial score (nSPS) is 27.6. The van der Waals surface area contributed by atoms with Crippen LogP contribution in [0.15, 0.2) is 18.2 Å². The zero-order valence-corrected chi connectivity index (χ0v) is 12.2. The van der Waals surface area contributed by atoms with Gasteiger partial charge in [0.2, 0.25) is 0 Å². The molecule has 0 saturated carbocycles. The van der Waals surface area contributed by atoms with Crippen LogP contribution in [0.4, 0.5) is 0 Å². The van der Waals surface area contributed by atoms with Gasteiger partial charge in [-0.1, -0.05) is 18.2 Å². The number of nitrogens with two attached hydrogens (primary N) is 1. The minimum atomic E-state index is -0.291. The fourth-order valence-corrected chi connectivity index (χ4v) is 2.91. The molecule has 3 nitrogen and oxygen atoms in total. The van der Waals surface area contributed by atoms with Crippen molar-refractivity contribution in [3.05, 3.63) is 29.3 Å². The van der Waals surface area contributed by atoms with Gasteiger partial charge in [0.05, 0.1) is 11.2 Å². The first kappa shape index (κ1) is 13.2. The summed E-state index contributed by atoms with van der Waals surface area (Å²) in [5, 5.41) is 0. The molecule has 1 unspecified atom stereocenters. The van der Waals surface area contributed by atoms with Crippen molar-refractivity contribution in [1.82, 2.24) is 0 Å². The molecular formula is C15H22BNO2. The number of rotatable bonds is 1. The van der Waals surface area contributed by atoms with Gasteiger partial charge < -0.3 is 15.0 Å². The highest BCUT2D eigenvalue weighted by atomic mass is 16.7. The summed E-state index contributed by atoms with van der Waals surface area (Å²) < 4.78 is 12.3. The molecule has 1 atom stereocenters. The largest absolute Gasteiger partial charge is 0.495 e. The third kappa shape index (κ3) is 1.94. The highest BCUT2D eigenvalue weighted by molar-refractivity contribution is 6.62. The van der Waals surface area contributed by atoms with Gasteiger partial charge in [-0.05, 0) is 57.1 Å². The van der Waals surface area contributed by atoms with Gasteiger partial charge >= 0.3 is 7.12 Å². The van der Waals surface area contributed by atoms with E-state index in [1.807, 2.05) is 0 Å². The third-order valence-electron chi connectivity index (χ3n) is 4.86. The van der Waals surface area contributed by atoms with Gasteiger partial charge in [-0.15, -0.1) is 0 Å². The molecule has 0 bridgehead atoms. The van der Waals surface area contributed by atoms with Crippen molar-refractivity contribution in [2.75, 3.05) is 0 Å². The molecule has 1 aliphatic heterocycles. The molecule has 4 heteroatoms. The molecule has 0 spiro atoms. The predicted molar refractivity (Wildman–Crippen MR) is 77.4 cm³/mol. The zero-order chi connectivity index (χ0) is 13.8. The number of benzene rings is 1. The van der Waals surface area contributed by atoms with Gasteiger partial charge in [-0.3, -0.25) is 0 Å². The average molecular weight is 259 g/mol. The van der Waals surface area contributed by atoms with Gasteiger partial charge in [-0.25, -0.2) is 0 Å². The Morgan fingerprint density at radius 3 is 2.42 bits per heavy atom. The molecule has 3 rings (SSSR count). The lowest BCUT2D eigenvalue weighted by molar-refractivity contribution is 0.00578. The zero-order valence-electron chi connectivity index (χ0n) is 12.2. The Kier molecular flexibility index (Phi) is 2.82. The van der Waals surface area contributed by atoms with Crippen molar-refractivity contribution >= 4 is 12.6 Å². The van der Waals surface area contributed by atoms with Crippen molar-refractivity contribution in [2.45, 2.75) is 57.8 Å². The first-order valence-corrected chi connectivity index (χ1v) is 7.05. The average Bonchev–Trinajstić information content (AvgIpc) is 2.78. The molecule has 0 radical (unpaired) electrons. The van der Waals surface area contributed by atoms with E-state index in [4.69, 9.17) is 15.0 Å². The maximum Gasteiger partial charge on any atom is 0.495 e. The van der Waals surface area contributed by atoms with Crippen LogP contribution < -0.4 is 11.2 Å². The van der Waals surface area contributed by atoms with E-state index >= 15 is 0 Å². The standard InChI is InChI=1S/C15H22BNO2/c1-14(2)15(3,4)19-16(18-14)12-7-5-6-11-10(12)8-9-13(11)17/h5-7,13H,8-9,17H2,1-4H3. The monoisotopic (exact) mass is 259 g/mol. The molecule has 102 valence electrons. The fourth-order valence-electron chi connectivity index (χ4n) is 2.91. The lowest BCUT2D eigenvalue weighted by Crippen LogP contribution is -2.41. The van der Waals surface area contributed by atoms with E-state index in [1.165, 1.54) is 11.1 Å². The number of fused-ring (bicyclic) bond motifs is 1. The molecule has 19 heavy (non-hydrogen) atoms. The minimum Gasteiger partial charge on any atom is -0.399 e. The van der Waals surface area contributed by atoms with Gasteiger partial charge in [0.1, 0.15) is 0 Å². The van der Waals surface area contributed by atoms with Crippen molar-refractivity contribution in [2.24, 2.45) is 5.73 Å². The van der Waals surface area contributed by atoms with E-state index in [-0.39, 0.29) is 24.4 Å². The highest BCUT2D eigenvalue weighted by Crippen LogP contribution is 2.37. The Balaban J connectivity index is 1.98. The Bertz CT molecular complexity index is 497. The van der Waals surface area contributed by atoms with Crippen LogP contribution in [0.3, 0.4) is 0 Å². The van der Waals surface area contributed by atoms with Gasteiger partial charge in [-0.2, -0.15) is 0 Å². The SMILES string of the molecule is CC1(C)OB(c2cccc3c2CCC3N)OC1(C)C. The van der Waals surface area contributed by atoms with Crippen LogP contribution >= 0.6 is 0 Å². The van der Waals surface area contributed by atoms with Crippen LogP contribution in [-0.2, 0) is 15.7 Å². The van der Waals surface area contributed by atoms with Crippen molar-refractivity contribution < 1.29 is 9.31 Å². The van der Waals surface area contributed by atoms with Crippen LogP contribution in [0.1, 0.15) is 51.3 Å². The Morgan fingerprint density at radius 1 is 1.16 bits per heavy atom. The lowest BCUT2D eigenvalue weighted by atomic mass is 9.75. The first-order chi connectivity index (χ1) is 8.82. The van der Waals surface area contributed by atoms with Gasteiger partial charge in [0, 0.05) is 6.04 Å². The molecule has 2 N–H and O–H groups in total. The van der Waals surface area contributed by atoms with Crippen LogP contribution in [0, 0.1) is 0 Å². The summed E-state index contributed by atoms with van der Waals surface area (Å²) in [5.41, 5.74) is 9.30. The lowest BCUT2D eigenvalue weighted by Gasteiger charge is -2.32. The summed E-state index contributed by atoms with van der Waals surface area (Å²) in [6.45, 7) is 8.34. The summed E-state index contributed by atoms with van der Waals surface area (Å²) >= 11 is 0. The van der Waals surface area contributed by atoms with Gasteiger partial charge in [0.15, 0.2) is 0 Å². The fraction of sp³-hybridized carbons (Fsp3) is 0.600. The first-order valence-electron chi connectivity index (χ1n) is 7.05. The second-order valence-electron chi connectivity index (χ2n) is 6.65. The molecule has 2 aliphatic rings. The Morgan fingerprint density at radius 2 is 1.79 bits per heavy atom. The molecule has 1 aromatic carbocycles. The second-order valence-corrected chi connectivity index (χ2v) is 6.65. The molecular weight excluding hydrogens is 237 g/mol. The molecule has 1 aliphatic carbocycles. The summed E-state index contributed by atoms with van der Waals surface area (Å²) in [5.74, 6) is 0. The minimum absolute atomic E-state index is 0.164. The second kappa shape index (κ2) is 4.08. The van der Waals surface area contributed by atoms with Crippen molar-refractivity contribution in [3.8, 4) is 0 Å². The summed E-state index contributed by atoms with van der Waals surface area (Å²) in [7, 11) is -0.273. The van der Waals surface area contributed by atoms with E-state index < -0.39 is 0 Å². The van der Waals surface area contributed by atoms with Crippen LogP contribution in [0.2, 0.25) is 0 Å². The molecule has 1 saturated heterocycles. The summed E-state index contributed by atoms with van der Waals surface area (Å²) in [4.78, 5) is 0. The topological polar surface area (TPSA) is 44.5 Å². The van der Waals surface area contributed by atoms with E-state index in [1.54, 1.807) is 0 Å². The van der Waals surface area contributed by atoms with E-state index in [2.05, 4.69) is 45.9 Å². The maximum atomic E-state index is 6.15. The van der Waals surface area contributed by atoms with Crippen LogP contribution in [0.25, 0.3) is 0 Å². The number of hydrogen-bond acceptors (Lipinski definition) is 3. The summed E-state index contributed by atoms with van der Waals surface area (Å²) in [6.07, 6.45) is 2.04. The molecule has 0 aromatic heterocycles. The quantitative estimate of drug-likeness (QED) is 0.784. The van der Waals surface area contributed by atoms with E-state index in [0.717, 1.165) is 18.3 Å². The predicted octanol–water partition coefficient (Wildman–Crippen LogP) is 1.93. The Hall–Kier alpha value is -0.835. The third-order valence-corrected chi connectivity index (χ3v) is 4.86. The smallest absolute Gasteiger partial charge is 0.399 e. The molecule has 1 aromatic rings. The highest BCUT2D eigenvalue weighted by Gasteiger charge is 2.52. The van der Waals surface area contributed by atoms with Crippen LogP contribution in [-0.4, -0.2) is 18.3 Å². The van der Waals surface area contributed by atoms with Gasteiger partial charge in [0.25, 0.3) is 0 Å². The van der Waals surface area contributed by atoms with Crippen LogP contribution in [0.5, 0.6) is 0 Å². The molecule has 1 heterocycles. The summed E-state index contributed by atoms with van der Waals surface area (Å²) in [6, 6.07) is 6.46. The van der Waals surface area contributed by atoms with Crippen molar-refractivity contribution in [1.29, 1.82) is 0 Å². The molecule has 1 fully saturated rings. The van der Waals surface area contributed by atoms with E-state index in [9.17, 15) is 0 Å². The maximum absolute atomic E-state index is 6.15. The number of hydrogen-bond donors (Lipinski definition) is 1. The molecule has 0 amide bonds. The Labute approximate surface area is 115 Å². The van der Waals surface area contributed by atoms with E-state index in [0.29, 0.717) is 0 Å². The van der Waals surface area contributed by atoms with Crippen molar-refractivity contribution in [3.63, 3.8) is 0 Å².